The summed E-state index contributed by atoms with van der Waals surface area (Å²) in [7, 11) is 0. The number of hydrogen-bond donors (Lipinski definition) is 1. The molecule has 0 atom stereocenters. The van der Waals surface area contributed by atoms with Gasteiger partial charge in [-0.3, -0.25) is 9.20 Å². The zero-order chi connectivity index (χ0) is 15.7. The molecule has 0 aliphatic carbocycles. The molecule has 0 aliphatic rings. The molecule has 0 aliphatic heterocycles. The van der Waals surface area contributed by atoms with Crippen molar-refractivity contribution in [1.82, 2.24) is 9.38 Å². The number of nitrogens with zero attached hydrogens (tertiary/aromatic N) is 2. The molecule has 3 aromatic rings. The van der Waals surface area contributed by atoms with Gasteiger partial charge in [-0.05, 0) is 55.3 Å². The van der Waals surface area contributed by atoms with Crippen molar-refractivity contribution >= 4 is 28.8 Å². The zero-order valence-electron chi connectivity index (χ0n) is 12.4. The first-order chi connectivity index (χ1) is 10.6. The molecule has 4 nitrogen and oxygen atoms in total. The quantitative estimate of drug-likeness (QED) is 0.791. The first-order valence-electron chi connectivity index (χ1n) is 7.13. The molecule has 22 heavy (non-hydrogen) atoms. The van der Waals surface area contributed by atoms with Crippen LogP contribution in [0.5, 0.6) is 0 Å². The van der Waals surface area contributed by atoms with E-state index in [-0.39, 0.29) is 5.91 Å². The van der Waals surface area contributed by atoms with Crippen molar-refractivity contribution in [1.29, 1.82) is 0 Å². The van der Waals surface area contributed by atoms with Crippen LogP contribution in [0.2, 0.25) is 5.02 Å². The number of rotatable bonds is 3. The predicted molar refractivity (Wildman–Crippen MR) is 88.7 cm³/mol. The lowest BCUT2D eigenvalue weighted by atomic mass is 10.2. The summed E-state index contributed by atoms with van der Waals surface area (Å²) in [6.07, 6.45) is 2.58. The Hall–Kier alpha value is -2.33. The monoisotopic (exact) mass is 313 g/mol. The van der Waals surface area contributed by atoms with Crippen LogP contribution in [0.3, 0.4) is 0 Å². The summed E-state index contributed by atoms with van der Waals surface area (Å²) >= 11 is 5.86. The number of aryl methyl sites for hydroxylation is 2. The van der Waals surface area contributed by atoms with E-state index in [9.17, 15) is 4.79 Å². The molecule has 3 rings (SSSR count). The first kappa shape index (κ1) is 14.6. The van der Waals surface area contributed by atoms with E-state index in [1.54, 1.807) is 24.3 Å². The lowest BCUT2D eigenvalue weighted by molar-refractivity contribution is 0.102. The smallest absolute Gasteiger partial charge is 0.274 e. The number of anilines is 1. The van der Waals surface area contributed by atoms with E-state index in [1.807, 2.05) is 36.6 Å². The Kier molecular flexibility index (Phi) is 3.86. The number of amides is 1. The molecular formula is C17H16ClN3O. The molecule has 2 heterocycles. The maximum Gasteiger partial charge on any atom is 0.274 e. The third kappa shape index (κ3) is 2.70. The highest BCUT2D eigenvalue weighted by atomic mass is 35.5. The predicted octanol–water partition coefficient (Wildman–Crippen LogP) is 4.11. The summed E-state index contributed by atoms with van der Waals surface area (Å²) in [6, 6.07) is 11.0. The van der Waals surface area contributed by atoms with Gasteiger partial charge >= 0.3 is 0 Å². The summed E-state index contributed by atoms with van der Waals surface area (Å²) in [5.74, 6) is -0.171. The molecule has 0 unspecified atom stereocenters. The van der Waals surface area contributed by atoms with Crippen LogP contribution in [-0.4, -0.2) is 15.3 Å². The van der Waals surface area contributed by atoms with Crippen LogP contribution in [0, 0.1) is 6.92 Å². The number of carbonyl (C=O) groups is 1. The second-order valence-electron chi connectivity index (χ2n) is 5.15. The minimum Gasteiger partial charge on any atom is -0.321 e. The molecule has 1 amide bonds. The van der Waals surface area contributed by atoms with E-state index >= 15 is 0 Å². The number of fused-ring (bicyclic) bond motifs is 1. The number of aromatic nitrogens is 2. The van der Waals surface area contributed by atoms with Crippen LogP contribution >= 0.6 is 11.6 Å². The summed E-state index contributed by atoms with van der Waals surface area (Å²) in [4.78, 5) is 17.2. The highest BCUT2D eigenvalue weighted by Crippen LogP contribution is 2.18. The Bertz CT molecular complexity index is 837. The lowest BCUT2D eigenvalue weighted by Crippen LogP contribution is -2.16. The van der Waals surface area contributed by atoms with Gasteiger partial charge in [0.05, 0.1) is 5.69 Å². The van der Waals surface area contributed by atoms with Gasteiger partial charge in [0.2, 0.25) is 0 Å². The number of nitrogens with one attached hydrogen (secondary N) is 1. The highest BCUT2D eigenvalue weighted by molar-refractivity contribution is 6.30. The Morgan fingerprint density at radius 3 is 2.68 bits per heavy atom. The van der Waals surface area contributed by atoms with Gasteiger partial charge in [0.15, 0.2) is 0 Å². The second-order valence-corrected chi connectivity index (χ2v) is 5.59. The van der Waals surface area contributed by atoms with Crippen molar-refractivity contribution in [3.8, 4) is 0 Å². The van der Waals surface area contributed by atoms with E-state index in [0.29, 0.717) is 22.8 Å². The topological polar surface area (TPSA) is 46.4 Å². The van der Waals surface area contributed by atoms with Crippen molar-refractivity contribution in [2.75, 3.05) is 5.32 Å². The van der Waals surface area contributed by atoms with Gasteiger partial charge in [0, 0.05) is 16.9 Å². The van der Waals surface area contributed by atoms with Crippen molar-refractivity contribution in [3.05, 3.63) is 64.6 Å². The van der Waals surface area contributed by atoms with E-state index < -0.39 is 0 Å². The fraction of sp³-hybridized carbons (Fsp3) is 0.176. The van der Waals surface area contributed by atoms with Gasteiger partial charge in [-0.1, -0.05) is 18.5 Å². The molecule has 5 heteroatoms. The number of carbonyl (C=O) groups excluding carboxylic acids is 1. The lowest BCUT2D eigenvalue weighted by Gasteiger charge is -2.07. The van der Waals surface area contributed by atoms with E-state index in [4.69, 9.17) is 11.6 Å². The SMILES string of the molecule is CCc1nc2cc(C)ccn2c1C(=O)Nc1ccc(Cl)cc1. The molecule has 0 fully saturated rings. The van der Waals surface area contributed by atoms with Gasteiger partial charge in [-0.2, -0.15) is 0 Å². The van der Waals surface area contributed by atoms with E-state index in [0.717, 1.165) is 16.9 Å². The summed E-state index contributed by atoms with van der Waals surface area (Å²) in [5.41, 5.74) is 3.98. The Morgan fingerprint density at radius 1 is 1.27 bits per heavy atom. The fourth-order valence-corrected chi connectivity index (χ4v) is 2.53. The zero-order valence-corrected chi connectivity index (χ0v) is 13.2. The van der Waals surface area contributed by atoms with Crippen LogP contribution < -0.4 is 5.32 Å². The molecule has 1 aromatic carbocycles. The minimum absolute atomic E-state index is 0.171. The second kappa shape index (κ2) is 5.81. The molecule has 2 aromatic heterocycles. The van der Waals surface area contributed by atoms with Crippen molar-refractivity contribution in [3.63, 3.8) is 0 Å². The van der Waals surface area contributed by atoms with Crippen molar-refractivity contribution in [2.45, 2.75) is 20.3 Å². The van der Waals surface area contributed by atoms with Crippen LogP contribution in [0.4, 0.5) is 5.69 Å². The van der Waals surface area contributed by atoms with Crippen LogP contribution in [0.25, 0.3) is 5.65 Å². The first-order valence-corrected chi connectivity index (χ1v) is 7.51. The highest BCUT2D eigenvalue weighted by Gasteiger charge is 2.18. The van der Waals surface area contributed by atoms with Crippen LogP contribution in [0.15, 0.2) is 42.6 Å². The van der Waals surface area contributed by atoms with Gasteiger partial charge in [0.1, 0.15) is 11.3 Å². The van der Waals surface area contributed by atoms with Gasteiger partial charge in [0.25, 0.3) is 5.91 Å². The molecule has 112 valence electrons. The average Bonchev–Trinajstić information content (AvgIpc) is 2.87. The van der Waals surface area contributed by atoms with Crippen LogP contribution in [-0.2, 0) is 6.42 Å². The third-order valence-corrected chi connectivity index (χ3v) is 3.76. The summed E-state index contributed by atoms with van der Waals surface area (Å²) < 4.78 is 1.83. The molecule has 0 spiro atoms. The van der Waals surface area contributed by atoms with E-state index in [1.165, 1.54) is 0 Å². The fourth-order valence-electron chi connectivity index (χ4n) is 2.41. The number of benzene rings is 1. The largest absolute Gasteiger partial charge is 0.321 e. The van der Waals surface area contributed by atoms with Crippen molar-refractivity contribution < 1.29 is 4.79 Å². The number of hydrogen-bond acceptors (Lipinski definition) is 2. The molecule has 0 saturated heterocycles. The van der Waals surface area contributed by atoms with Gasteiger partial charge < -0.3 is 5.32 Å². The molecule has 1 N–H and O–H groups in total. The molecular weight excluding hydrogens is 298 g/mol. The third-order valence-electron chi connectivity index (χ3n) is 3.51. The maximum absolute atomic E-state index is 12.6. The van der Waals surface area contributed by atoms with Crippen LogP contribution in [0.1, 0.15) is 28.7 Å². The normalized spacial score (nSPS) is 10.9. The number of halogens is 1. The summed E-state index contributed by atoms with van der Waals surface area (Å²) in [6.45, 7) is 4.00. The average molecular weight is 314 g/mol. The number of imidazole rings is 1. The van der Waals surface area contributed by atoms with E-state index in [2.05, 4.69) is 10.3 Å². The Balaban J connectivity index is 2.00. The van der Waals surface area contributed by atoms with Crippen molar-refractivity contribution in [2.24, 2.45) is 0 Å². The van der Waals surface area contributed by atoms with Gasteiger partial charge in [-0.25, -0.2) is 4.98 Å². The standard InChI is InChI=1S/C17H16ClN3O/c1-3-14-16(21-9-8-11(2)10-15(21)20-14)17(22)19-13-6-4-12(18)5-7-13/h4-10H,3H2,1-2H3,(H,19,22). The number of pyridine rings is 1. The minimum atomic E-state index is -0.171. The van der Waals surface area contributed by atoms with Gasteiger partial charge in [-0.15, -0.1) is 0 Å². The Labute approximate surface area is 133 Å². The summed E-state index contributed by atoms with van der Waals surface area (Å²) in [5, 5.41) is 3.53. The molecule has 0 radical (unpaired) electrons. The molecule has 0 bridgehead atoms. The Morgan fingerprint density at radius 2 is 2.00 bits per heavy atom. The molecule has 0 saturated carbocycles. The maximum atomic E-state index is 12.6.